The molecule has 0 aliphatic carbocycles. The number of aromatic nitrogens is 2. The zero-order valence-electron chi connectivity index (χ0n) is 10.6. The van der Waals surface area contributed by atoms with Crippen LogP contribution in [0.3, 0.4) is 0 Å². The van der Waals surface area contributed by atoms with E-state index in [1.807, 2.05) is 16.9 Å². The molecule has 4 nitrogen and oxygen atoms in total. The first-order valence-corrected chi connectivity index (χ1v) is 6.01. The highest BCUT2D eigenvalue weighted by molar-refractivity contribution is 4.96. The minimum absolute atomic E-state index is 0.340. The first kappa shape index (κ1) is 13.2. The maximum atomic E-state index is 5.46. The SMILES string of the molecule is Cc1ccnn1CCNCCCOC(C)C. The van der Waals surface area contributed by atoms with Crippen molar-refractivity contribution in [2.24, 2.45) is 0 Å². The molecule has 0 spiro atoms. The summed E-state index contributed by atoms with van der Waals surface area (Å²) in [5.41, 5.74) is 1.21. The van der Waals surface area contributed by atoms with Crippen LogP contribution >= 0.6 is 0 Å². The minimum atomic E-state index is 0.340. The molecule has 0 fully saturated rings. The summed E-state index contributed by atoms with van der Waals surface area (Å²) in [7, 11) is 0. The van der Waals surface area contributed by atoms with Gasteiger partial charge in [-0.2, -0.15) is 5.10 Å². The van der Waals surface area contributed by atoms with Crippen molar-refractivity contribution in [3.8, 4) is 0 Å². The van der Waals surface area contributed by atoms with Gasteiger partial charge < -0.3 is 10.1 Å². The number of rotatable bonds is 8. The molecule has 0 aliphatic heterocycles. The quantitative estimate of drug-likeness (QED) is 0.683. The molecule has 0 aliphatic rings. The maximum Gasteiger partial charge on any atom is 0.0537 e. The van der Waals surface area contributed by atoms with E-state index in [0.29, 0.717) is 6.10 Å². The Hall–Kier alpha value is -0.870. The van der Waals surface area contributed by atoms with Gasteiger partial charge in [-0.15, -0.1) is 0 Å². The smallest absolute Gasteiger partial charge is 0.0537 e. The van der Waals surface area contributed by atoms with Crippen LogP contribution in [0, 0.1) is 6.92 Å². The molecule has 0 saturated heterocycles. The lowest BCUT2D eigenvalue weighted by atomic mass is 10.4. The minimum Gasteiger partial charge on any atom is -0.379 e. The second-order valence-electron chi connectivity index (χ2n) is 4.22. The average molecular weight is 225 g/mol. The van der Waals surface area contributed by atoms with E-state index in [1.54, 1.807) is 0 Å². The number of nitrogens with zero attached hydrogens (tertiary/aromatic N) is 2. The largest absolute Gasteiger partial charge is 0.379 e. The molecule has 0 bridgehead atoms. The molecule has 16 heavy (non-hydrogen) atoms. The molecule has 0 saturated carbocycles. The molecule has 0 unspecified atom stereocenters. The molecule has 92 valence electrons. The van der Waals surface area contributed by atoms with Crippen molar-refractivity contribution in [3.05, 3.63) is 18.0 Å². The summed E-state index contributed by atoms with van der Waals surface area (Å²) in [4.78, 5) is 0. The first-order valence-electron chi connectivity index (χ1n) is 6.01. The molecular formula is C12H23N3O. The van der Waals surface area contributed by atoms with E-state index >= 15 is 0 Å². The molecule has 0 amide bonds. The molecule has 4 heteroatoms. The molecular weight excluding hydrogens is 202 g/mol. The van der Waals surface area contributed by atoms with Crippen molar-refractivity contribution < 1.29 is 4.74 Å². The number of nitrogens with one attached hydrogen (secondary N) is 1. The summed E-state index contributed by atoms with van der Waals surface area (Å²) in [6, 6.07) is 2.02. The van der Waals surface area contributed by atoms with Crippen LogP contribution < -0.4 is 5.32 Å². The molecule has 0 atom stereocenters. The first-order chi connectivity index (χ1) is 7.70. The van der Waals surface area contributed by atoms with Gasteiger partial charge in [0.2, 0.25) is 0 Å². The van der Waals surface area contributed by atoms with E-state index < -0.39 is 0 Å². The van der Waals surface area contributed by atoms with Crippen LogP contribution in [0.4, 0.5) is 0 Å². The number of hydrogen-bond donors (Lipinski definition) is 1. The van der Waals surface area contributed by atoms with Crippen LogP contribution in [-0.4, -0.2) is 35.6 Å². The lowest BCUT2D eigenvalue weighted by molar-refractivity contribution is 0.0771. The summed E-state index contributed by atoms with van der Waals surface area (Å²) >= 11 is 0. The molecule has 1 aromatic rings. The Bertz CT molecular complexity index is 284. The lowest BCUT2D eigenvalue weighted by Crippen LogP contribution is -2.23. The van der Waals surface area contributed by atoms with Gasteiger partial charge in [-0.05, 0) is 39.8 Å². The summed E-state index contributed by atoms with van der Waals surface area (Å²) in [6.07, 6.45) is 3.24. The van der Waals surface area contributed by atoms with Crippen LogP contribution in [0.2, 0.25) is 0 Å². The van der Waals surface area contributed by atoms with Crippen molar-refractivity contribution in [1.29, 1.82) is 0 Å². The van der Waals surface area contributed by atoms with E-state index in [2.05, 4.69) is 31.2 Å². The summed E-state index contributed by atoms with van der Waals surface area (Å²) in [6.45, 7) is 9.94. The zero-order valence-corrected chi connectivity index (χ0v) is 10.6. The third-order valence-electron chi connectivity index (χ3n) is 2.38. The summed E-state index contributed by atoms with van der Waals surface area (Å²) in [5, 5.41) is 7.61. The molecule has 1 heterocycles. The van der Waals surface area contributed by atoms with Crippen molar-refractivity contribution in [3.63, 3.8) is 0 Å². The van der Waals surface area contributed by atoms with Crippen molar-refractivity contribution in [2.45, 2.75) is 39.8 Å². The van der Waals surface area contributed by atoms with Crippen molar-refractivity contribution in [1.82, 2.24) is 15.1 Å². The highest BCUT2D eigenvalue weighted by atomic mass is 16.5. The Labute approximate surface area is 98.0 Å². The highest BCUT2D eigenvalue weighted by Gasteiger charge is 1.96. The van der Waals surface area contributed by atoms with Gasteiger partial charge >= 0.3 is 0 Å². The normalized spacial score (nSPS) is 11.2. The molecule has 1 rings (SSSR count). The Morgan fingerprint density at radius 2 is 2.25 bits per heavy atom. The van der Waals surface area contributed by atoms with Crippen LogP contribution in [0.15, 0.2) is 12.3 Å². The lowest BCUT2D eigenvalue weighted by Gasteiger charge is -2.08. The molecule has 0 radical (unpaired) electrons. The van der Waals surface area contributed by atoms with Gasteiger partial charge in [-0.25, -0.2) is 0 Å². The van der Waals surface area contributed by atoms with E-state index in [0.717, 1.165) is 32.7 Å². The number of ether oxygens (including phenoxy) is 1. The molecule has 0 aromatic carbocycles. The number of aryl methyl sites for hydroxylation is 1. The Morgan fingerprint density at radius 3 is 2.88 bits per heavy atom. The van der Waals surface area contributed by atoms with Crippen LogP contribution in [0.1, 0.15) is 26.0 Å². The monoisotopic (exact) mass is 225 g/mol. The van der Waals surface area contributed by atoms with E-state index in [-0.39, 0.29) is 0 Å². The van der Waals surface area contributed by atoms with Gasteiger partial charge in [0, 0.05) is 25.0 Å². The topological polar surface area (TPSA) is 39.1 Å². The number of hydrogen-bond acceptors (Lipinski definition) is 3. The Balaban J connectivity index is 1.94. The van der Waals surface area contributed by atoms with E-state index in [1.165, 1.54) is 5.69 Å². The van der Waals surface area contributed by atoms with Gasteiger partial charge in [0.1, 0.15) is 0 Å². The standard InChI is InChI=1S/C12H23N3O/c1-11(2)16-10-4-6-13-8-9-15-12(3)5-7-14-15/h5,7,11,13H,4,6,8-10H2,1-3H3. The van der Waals surface area contributed by atoms with Crippen LogP contribution in [0.5, 0.6) is 0 Å². The third kappa shape index (κ3) is 5.28. The Morgan fingerprint density at radius 1 is 1.44 bits per heavy atom. The van der Waals surface area contributed by atoms with Gasteiger partial charge in [-0.3, -0.25) is 4.68 Å². The predicted octanol–water partition coefficient (Wildman–Crippen LogP) is 1.60. The summed E-state index contributed by atoms with van der Waals surface area (Å²) < 4.78 is 7.47. The Kier molecular flexibility index (Phi) is 6.11. The average Bonchev–Trinajstić information content (AvgIpc) is 2.62. The van der Waals surface area contributed by atoms with Crippen LogP contribution in [0.25, 0.3) is 0 Å². The van der Waals surface area contributed by atoms with Gasteiger partial charge in [-0.1, -0.05) is 0 Å². The van der Waals surface area contributed by atoms with Crippen molar-refractivity contribution in [2.75, 3.05) is 19.7 Å². The summed E-state index contributed by atoms with van der Waals surface area (Å²) in [5.74, 6) is 0. The van der Waals surface area contributed by atoms with Gasteiger partial charge in [0.05, 0.1) is 12.6 Å². The maximum absolute atomic E-state index is 5.46. The molecule has 1 N–H and O–H groups in total. The zero-order chi connectivity index (χ0) is 11.8. The van der Waals surface area contributed by atoms with Gasteiger partial charge in [0.25, 0.3) is 0 Å². The van der Waals surface area contributed by atoms with E-state index in [9.17, 15) is 0 Å². The second-order valence-corrected chi connectivity index (χ2v) is 4.22. The second kappa shape index (κ2) is 7.41. The highest BCUT2D eigenvalue weighted by Crippen LogP contribution is 1.94. The predicted molar refractivity (Wildman–Crippen MR) is 65.5 cm³/mol. The van der Waals surface area contributed by atoms with Gasteiger partial charge in [0.15, 0.2) is 0 Å². The fourth-order valence-electron chi connectivity index (χ4n) is 1.46. The van der Waals surface area contributed by atoms with Crippen molar-refractivity contribution >= 4 is 0 Å². The van der Waals surface area contributed by atoms with Crippen LogP contribution in [-0.2, 0) is 11.3 Å². The fraction of sp³-hybridized carbons (Fsp3) is 0.750. The van der Waals surface area contributed by atoms with E-state index in [4.69, 9.17) is 4.74 Å². The third-order valence-corrected chi connectivity index (χ3v) is 2.38. The molecule has 1 aromatic heterocycles. The fourth-order valence-corrected chi connectivity index (χ4v) is 1.46.